The maximum Gasteiger partial charge on any atom is 0.257 e. The number of nitrogens with zero attached hydrogens (tertiary/aromatic N) is 6. The van der Waals surface area contributed by atoms with Gasteiger partial charge in [0.2, 0.25) is 0 Å². The lowest BCUT2D eigenvalue weighted by molar-refractivity contribution is 0.423. The maximum absolute atomic E-state index is 5.39. The minimum absolute atomic E-state index is 0.528. The predicted molar refractivity (Wildman–Crippen MR) is 104 cm³/mol. The van der Waals surface area contributed by atoms with E-state index in [0.717, 1.165) is 55.2 Å². The van der Waals surface area contributed by atoms with Crippen molar-refractivity contribution in [1.82, 2.24) is 34.8 Å². The normalized spacial score (nSPS) is 14.0. The number of aromatic nitrogens is 6. The van der Waals surface area contributed by atoms with Gasteiger partial charge in [0.25, 0.3) is 5.89 Å². The standard InChI is InChI=1S/C20H21N7O/c1-2-18-23-20(28-25-18)14-5-3-6-15(11-14)26-10-8-22-19(26)17-12-16-13-21-7-4-9-27(16)24-17/h3,5-6,8,10-12,21H,2,4,7,9,13H2,1H3. The molecule has 0 aliphatic carbocycles. The van der Waals surface area contributed by atoms with Crippen molar-refractivity contribution in [2.45, 2.75) is 32.9 Å². The van der Waals surface area contributed by atoms with E-state index in [1.54, 1.807) is 6.20 Å². The summed E-state index contributed by atoms with van der Waals surface area (Å²) in [4.78, 5) is 8.99. The van der Waals surface area contributed by atoms with Crippen LogP contribution in [0, 0.1) is 0 Å². The van der Waals surface area contributed by atoms with E-state index >= 15 is 0 Å². The molecule has 3 aromatic heterocycles. The molecule has 4 heterocycles. The van der Waals surface area contributed by atoms with Crippen LogP contribution in [-0.2, 0) is 19.5 Å². The molecular weight excluding hydrogens is 354 g/mol. The molecule has 1 aliphatic rings. The van der Waals surface area contributed by atoms with Gasteiger partial charge in [0.15, 0.2) is 11.6 Å². The minimum Gasteiger partial charge on any atom is -0.334 e. The summed E-state index contributed by atoms with van der Waals surface area (Å²) in [6.45, 7) is 4.79. The fraction of sp³-hybridized carbons (Fsp3) is 0.300. The number of hydrogen-bond donors (Lipinski definition) is 1. The van der Waals surface area contributed by atoms with E-state index in [2.05, 4.69) is 31.2 Å². The second-order valence-corrected chi connectivity index (χ2v) is 6.81. The summed E-state index contributed by atoms with van der Waals surface area (Å²) in [5.41, 5.74) is 3.92. The molecule has 0 atom stereocenters. The average molecular weight is 375 g/mol. The SMILES string of the molecule is CCc1noc(-c2cccc(-n3ccnc3-c3cc4n(n3)CCCNC4)c2)n1. The maximum atomic E-state index is 5.39. The van der Waals surface area contributed by atoms with Crippen LogP contribution in [0.5, 0.6) is 0 Å². The quantitative estimate of drug-likeness (QED) is 0.590. The Bertz CT molecular complexity index is 1080. The monoisotopic (exact) mass is 375 g/mol. The highest BCUT2D eigenvalue weighted by Crippen LogP contribution is 2.25. The van der Waals surface area contributed by atoms with Gasteiger partial charge in [-0.25, -0.2) is 4.98 Å². The van der Waals surface area contributed by atoms with Crippen LogP contribution >= 0.6 is 0 Å². The van der Waals surface area contributed by atoms with Gasteiger partial charge in [0.1, 0.15) is 5.69 Å². The molecule has 8 heteroatoms. The molecule has 0 saturated carbocycles. The Hall–Kier alpha value is -3.26. The third-order valence-electron chi connectivity index (χ3n) is 4.92. The van der Waals surface area contributed by atoms with Gasteiger partial charge in [-0.15, -0.1) is 0 Å². The second kappa shape index (κ2) is 7.05. The molecule has 4 aromatic rings. The lowest BCUT2D eigenvalue weighted by Crippen LogP contribution is -2.11. The second-order valence-electron chi connectivity index (χ2n) is 6.81. The lowest BCUT2D eigenvalue weighted by atomic mass is 10.2. The summed E-state index contributed by atoms with van der Waals surface area (Å²) in [6.07, 6.45) is 5.57. The van der Waals surface area contributed by atoms with Gasteiger partial charge in [-0.2, -0.15) is 10.1 Å². The Morgan fingerprint density at radius 3 is 3.11 bits per heavy atom. The number of aryl methyl sites for hydroxylation is 2. The van der Waals surface area contributed by atoms with E-state index in [1.165, 1.54) is 5.69 Å². The summed E-state index contributed by atoms with van der Waals surface area (Å²) in [5.74, 6) is 2.05. The van der Waals surface area contributed by atoms with E-state index in [0.29, 0.717) is 11.7 Å². The topological polar surface area (TPSA) is 86.6 Å². The molecule has 0 bridgehead atoms. The van der Waals surface area contributed by atoms with E-state index in [1.807, 2.05) is 42.0 Å². The smallest absolute Gasteiger partial charge is 0.257 e. The van der Waals surface area contributed by atoms with Gasteiger partial charge in [0, 0.05) is 43.2 Å². The van der Waals surface area contributed by atoms with Crippen LogP contribution in [-0.4, -0.2) is 36.0 Å². The minimum atomic E-state index is 0.528. The first kappa shape index (κ1) is 16.9. The first-order valence-corrected chi connectivity index (χ1v) is 9.56. The summed E-state index contributed by atoms with van der Waals surface area (Å²) in [7, 11) is 0. The van der Waals surface area contributed by atoms with Crippen molar-refractivity contribution in [1.29, 1.82) is 0 Å². The van der Waals surface area contributed by atoms with Crippen molar-refractivity contribution >= 4 is 0 Å². The molecule has 0 saturated heterocycles. The molecule has 28 heavy (non-hydrogen) atoms. The zero-order valence-corrected chi connectivity index (χ0v) is 15.7. The van der Waals surface area contributed by atoms with Crippen molar-refractivity contribution in [3.8, 4) is 28.7 Å². The summed E-state index contributed by atoms with van der Waals surface area (Å²) >= 11 is 0. The molecular formula is C20H21N7O. The Kier molecular flexibility index (Phi) is 4.25. The molecule has 8 nitrogen and oxygen atoms in total. The Morgan fingerprint density at radius 2 is 2.21 bits per heavy atom. The highest BCUT2D eigenvalue weighted by molar-refractivity contribution is 5.61. The zero-order chi connectivity index (χ0) is 18.9. The lowest BCUT2D eigenvalue weighted by Gasteiger charge is -2.07. The van der Waals surface area contributed by atoms with Gasteiger partial charge in [-0.3, -0.25) is 9.25 Å². The predicted octanol–water partition coefficient (Wildman–Crippen LogP) is 2.84. The zero-order valence-electron chi connectivity index (χ0n) is 15.7. The molecule has 0 fully saturated rings. The highest BCUT2D eigenvalue weighted by atomic mass is 16.5. The molecule has 0 radical (unpaired) electrons. The third-order valence-corrected chi connectivity index (χ3v) is 4.92. The van der Waals surface area contributed by atoms with Gasteiger partial charge in [-0.1, -0.05) is 18.1 Å². The van der Waals surface area contributed by atoms with Crippen LogP contribution in [0.2, 0.25) is 0 Å². The van der Waals surface area contributed by atoms with Crippen LogP contribution in [0.1, 0.15) is 24.9 Å². The Morgan fingerprint density at radius 1 is 1.25 bits per heavy atom. The number of benzene rings is 1. The fourth-order valence-electron chi connectivity index (χ4n) is 3.48. The number of imidazole rings is 1. The first-order chi connectivity index (χ1) is 13.8. The van der Waals surface area contributed by atoms with Crippen molar-refractivity contribution in [3.05, 3.63) is 54.2 Å². The molecule has 0 unspecified atom stereocenters. The third kappa shape index (κ3) is 3.01. The van der Waals surface area contributed by atoms with Crippen LogP contribution in [0.4, 0.5) is 0 Å². The largest absolute Gasteiger partial charge is 0.334 e. The number of rotatable bonds is 4. The highest BCUT2D eigenvalue weighted by Gasteiger charge is 2.17. The Balaban J connectivity index is 1.52. The number of nitrogens with one attached hydrogen (secondary N) is 1. The van der Waals surface area contributed by atoms with E-state index in [9.17, 15) is 0 Å². The fourth-order valence-corrected chi connectivity index (χ4v) is 3.48. The van der Waals surface area contributed by atoms with E-state index < -0.39 is 0 Å². The molecule has 1 N–H and O–H groups in total. The van der Waals surface area contributed by atoms with E-state index in [-0.39, 0.29) is 0 Å². The number of fused-ring (bicyclic) bond motifs is 1. The molecule has 0 amide bonds. The van der Waals surface area contributed by atoms with E-state index in [4.69, 9.17) is 9.62 Å². The van der Waals surface area contributed by atoms with Gasteiger partial charge < -0.3 is 9.84 Å². The molecule has 1 aliphatic heterocycles. The molecule has 1 aromatic carbocycles. The van der Waals surface area contributed by atoms with Crippen molar-refractivity contribution in [2.24, 2.45) is 0 Å². The Labute approximate surface area is 162 Å². The van der Waals surface area contributed by atoms with Crippen LogP contribution in [0.25, 0.3) is 28.7 Å². The first-order valence-electron chi connectivity index (χ1n) is 9.56. The van der Waals surface area contributed by atoms with Gasteiger partial charge >= 0.3 is 0 Å². The average Bonchev–Trinajstić information content (AvgIpc) is 3.45. The van der Waals surface area contributed by atoms with Crippen LogP contribution < -0.4 is 5.32 Å². The van der Waals surface area contributed by atoms with Crippen molar-refractivity contribution < 1.29 is 4.52 Å². The van der Waals surface area contributed by atoms with Gasteiger partial charge in [-0.05, 0) is 37.2 Å². The van der Waals surface area contributed by atoms with Crippen molar-refractivity contribution in [3.63, 3.8) is 0 Å². The van der Waals surface area contributed by atoms with Crippen LogP contribution in [0.3, 0.4) is 0 Å². The molecule has 5 rings (SSSR count). The summed E-state index contributed by atoms with van der Waals surface area (Å²) in [6, 6.07) is 10.1. The summed E-state index contributed by atoms with van der Waals surface area (Å²) in [5, 5.41) is 12.2. The molecule has 0 spiro atoms. The van der Waals surface area contributed by atoms with Crippen LogP contribution in [0.15, 0.2) is 47.2 Å². The summed E-state index contributed by atoms with van der Waals surface area (Å²) < 4.78 is 9.50. The number of hydrogen-bond acceptors (Lipinski definition) is 6. The molecule has 142 valence electrons. The van der Waals surface area contributed by atoms with Gasteiger partial charge in [0.05, 0.1) is 5.69 Å². The van der Waals surface area contributed by atoms with Crippen molar-refractivity contribution in [2.75, 3.05) is 6.54 Å².